The van der Waals surface area contributed by atoms with Crippen molar-refractivity contribution in [2.24, 2.45) is 0 Å². The molecule has 0 saturated heterocycles. The number of ether oxygens (including phenoxy) is 1. The van der Waals surface area contributed by atoms with Crippen LogP contribution in [0.1, 0.15) is 5.56 Å². The number of aromatic nitrogens is 1. The van der Waals surface area contributed by atoms with Gasteiger partial charge in [-0.2, -0.15) is 0 Å². The van der Waals surface area contributed by atoms with E-state index in [1.54, 1.807) is 43.6 Å². The lowest BCUT2D eigenvalue weighted by Crippen LogP contribution is -1.97. The fraction of sp³-hybridized carbons (Fsp3) is 0.0667. The Kier molecular flexibility index (Phi) is 4.79. The Morgan fingerprint density at radius 2 is 2.24 bits per heavy atom. The van der Waals surface area contributed by atoms with Crippen molar-refractivity contribution in [3.05, 3.63) is 53.3 Å². The standard InChI is InChI=1S/C15H13ClN2O3/c1-17-15-10(5-6-14(19)20)3-2-4-12(15)21-11-7-8-18-13(16)9-11/h2-9,17H,1H3,(H,19,20)/b6-5+. The number of nitrogens with zero attached hydrogens (tertiary/aromatic N) is 1. The lowest BCUT2D eigenvalue weighted by atomic mass is 10.1. The number of nitrogens with one attached hydrogen (secondary N) is 1. The van der Waals surface area contributed by atoms with Gasteiger partial charge in [-0.3, -0.25) is 0 Å². The van der Waals surface area contributed by atoms with Gasteiger partial charge >= 0.3 is 5.97 Å². The molecule has 5 nitrogen and oxygen atoms in total. The molecule has 0 saturated carbocycles. The molecule has 0 atom stereocenters. The molecule has 2 N–H and O–H groups in total. The molecule has 0 aliphatic carbocycles. The molecule has 6 heteroatoms. The second-order valence-corrected chi connectivity index (χ2v) is 4.45. The van der Waals surface area contributed by atoms with Crippen molar-refractivity contribution in [2.45, 2.75) is 0 Å². The summed E-state index contributed by atoms with van der Waals surface area (Å²) in [6.45, 7) is 0. The highest BCUT2D eigenvalue weighted by Crippen LogP contribution is 2.33. The topological polar surface area (TPSA) is 71.5 Å². The molecule has 108 valence electrons. The van der Waals surface area contributed by atoms with Crippen molar-refractivity contribution in [3.63, 3.8) is 0 Å². The molecule has 0 aliphatic rings. The summed E-state index contributed by atoms with van der Waals surface area (Å²) in [5, 5.41) is 12.1. The van der Waals surface area contributed by atoms with Crippen LogP contribution in [0.5, 0.6) is 11.5 Å². The van der Waals surface area contributed by atoms with E-state index in [-0.39, 0.29) is 0 Å². The predicted molar refractivity (Wildman–Crippen MR) is 82.0 cm³/mol. The van der Waals surface area contributed by atoms with E-state index in [9.17, 15) is 4.79 Å². The molecule has 0 unspecified atom stereocenters. The number of rotatable bonds is 5. The Bertz CT molecular complexity index is 686. The van der Waals surface area contributed by atoms with Crippen LogP contribution < -0.4 is 10.1 Å². The monoisotopic (exact) mass is 304 g/mol. The fourth-order valence-electron chi connectivity index (χ4n) is 1.78. The molecule has 0 spiro atoms. The summed E-state index contributed by atoms with van der Waals surface area (Å²) in [6, 6.07) is 8.63. The van der Waals surface area contributed by atoms with Crippen molar-refractivity contribution < 1.29 is 14.6 Å². The van der Waals surface area contributed by atoms with Crippen LogP contribution in [-0.4, -0.2) is 23.1 Å². The molecular weight excluding hydrogens is 292 g/mol. The van der Waals surface area contributed by atoms with E-state index in [0.29, 0.717) is 27.9 Å². The summed E-state index contributed by atoms with van der Waals surface area (Å²) in [5.74, 6) is 0.0995. The van der Waals surface area contributed by atoms with Gasteiger partial charge in [0.05, 0.1) is 5.69 Å². The number of benzene rings is 1. The summed E-state index contributed by atoms with van der Waals surface area (Å²) < 4.78 is 5.76. The smallest absolute Gasteiger partial charge is 0.328 e. The number of anilines is 1. The quantitative estimate of drug-likeness (QED) is 0.651. The first-order valence-corrected chi connectivity index (χ1v) is 6.49. The normalized spacial score (nSPS) is 10.6. The van der Waals surface area contributed by atoms with Crippen molar-refractivity contribution in [3.8, 4) is 11.5 Å². The maximum Gasteiger partial charge on any atom is 0.328 e. The number of carboxylic acid groups (broad SMARTS) is 1. The van der Waals surface area contributed by atoms with Crippen molar-refractivity contribution in [1.82, 2.24) is 4.98 Å². The van der Waals surface area contributed by atoms with Gasteiger partial charge in [0.25, 0.3) is 0 Å². The summed E-state index contributed by atoms with van der Waals surface area (Å²) in [7, 11) is 1.74. The fourth-order valence-corrected chi connectivity index (χ4v) is 1.94. The molecular formula is C15H13ClN2O3. The highest BCUT2D eigenvalue weighted by Gasteiger charge is 2.08. The van der Waals surface area contributed by atoms with Crippen LogP contribution in [0.2, 0.25) is 5.15 Å². The molecule has 2 aromatic rings. The minimum absolute atomic E-state index is 0.334. The maximum atomic E-state index is 10.6. The van der Waals surface area contributed by atoms with Crippen molar-refractivity contribution >= 4 is 29.3 Å². The third-order valence-electron chi connectivity index (χ3n) is 2.64. The minimum atomic E-state index is -1.01. The average Bonchev–Trinajstić information content (AvgIpc) is 2.45. The Morgan fingerprint density at radius 3 is 2.90 bits per heavy atom. The third kappa shape index (κ3) is 3.97. The van der Waals surface area contributed by atoms with E-state index in [1.165, 1.54) is 6.08 Å². The zero-order chi connectivity index (χ0) is 15.2. The number of aliphatic carboxylic acids is 1. The molecule has 0 bridgehead atoms. The van der Waals surface area contributed by atoms with Crippen LogP contribution in [0.25, 0.3) is 6.08 Å². The Morgan fingerprint density at radius 1 is 1.43 bits per heavy atom. The molecule has 0 radical (unpaired) electrons. The molecule has 0 aliphatic heterocycles. The zero-order valence-electron chi connectivity index (χ0n) is 11.2. The van der Waals surface area contributed by atoms with Crippen LogP contribution in [0.4, 0.5) is 5.69 Å². The van der Waals surface area contributed by atoms with E-state index in [1.807, 2.05) is 0 Å². The van der Waals surface area contributed by atoms with E-state index in [4.69, 9.17) is 21.4 Å². The van der Waals surface area contributed by atoms with Gasteiger partial charge in [-0.25, -0.2) is 9.78 Å². The van der Waals surface area contributed by atoms with Crippen LogP contribution in [0.3, 0.4) is 0 Å². The molecule has 21 heavy (non-hydrogen) atoms. The van der Waals surface area contributed by atoms with Crippen LogP contribution in [-0.2, 0) is 4.79 Å². The van der Waals surface area contributed by atoms with Gasteiger partial charge in [0.2, 0.25) is 0 Å². The number of halogens is 1. The highest BCUT2D eigenvalue weighted by atomic mass is 35.5. The molecule has 1 aromatic heterocycles. The van der Waals surface area contributed by atoms with Crippen molar-refractivity contribution in [2.75, 3.05) is 12.4 Å². The third-order valence-corrected chi connectivity index (χ3v) is 2.85. The largest absolute Gasteiger partial charge is 0.478 e. The van der Waals surface area contributed by atoms with Gasteiger partial charge in [-0.1, -0.05) is 23.7 Å². The predicted octanol–water partition coefficient (Wildman–Crippen LogP) is 3.67. The SMILES string of the molecule is CNc1c(/C=C/C(=O)O)cccc1Oc1ccnc(Cl)c1. The number of pyridine rings is 1. The van der Waals surface area contributed by atoms with Crippen molar-refractivity contribution in [1.29, 1.82) is 0 Å². The number of hydrogen-bond donors (Lipinski definition) is 2. The lowest BCUT2D eigenvalue weighted by molar-refractivity contribution is -0.131. The van der Waals surface area contributed by atoms with Gasteiger partial charge in [-0.15, -0.1) is 0 Å². The molecule has 0 amide bonds. The Labute approximate surface area is 126 Å². The second kappa shape index (κ2) is 6.76. The lowest BCUT2D eigenvalue weighted by Gasteiger charge is -2.13. The van der Waals surface area contributed by atoms with Gasteiger partial charge in [0, 0.05) is 31.0 Å². The first-order chi connectivity index (χ1) is 10.1. The van der Waals surface area contributed by atoms with E-state index < -0.39 is 5.97 Å². The van der Waals surface area contributed by atoms with Gasteiger partial charge < -0.3 is 15.2 Å². The second-order valence-electron chi connectivity index (χ2n) is 4.06. The van der Waals surface area contributed by atoms with E-state index in [0.717, 1.165) is 6.08 Å². The number of carboxylic acids is 1. The summed E-state index contributed by atoms with van der Waals surface area (Å²) >= 11 is 5.82. The number of hydrogen-bond acceptors (Lipinski definition) is 4. The molecule has 2 rings (SSSR count). The first kappa shape index (κ1) is 14.9. The highest BCUT2D eigenvalue weighted by molar-refractivity contribution is 6.29. The maximum absolute atomic E-state index is 10.6. The van der Waals surface area contributed by atoms with Gasteiger partial charge in [0.15, 0.2) is 5.75 Å². The molecule has 1 heterocycles. The Hall–Kier alpha value is -2.53. The summed E-state index contributed by atoms with van der Waals surface area (Å²) in [4.78, 5) is 14.5. The van der Waals surface area contributed by atoms with Gasteiger partial charge in [0.1, 0.15) is 10.9 Å². The van der Waals surface area contributed by atoms with Crippen LogP contribution in [0, 0.1) is 0 Å². The Balaban J connectivity index is 2.35. The number of para-hydroxylation sites is 1. The average molecular weight is 305 g/mol. The minimum Gasteiger partial charge on any atom is -0.478 e. The van der Waals surface area contributed by atoms with E-state index >= 15 is 0 Å². The molecule has 1 aromatic carbocycles. The summed E-state index contributed by atoms with van der Waals surface area (Å²) in [6.07, 6.45) is 4.12. The molecule has 0 fully saturated rings. The number of carbonyl (C=O) groups is 1. The summed E-state index contributed by atoms with van der Waals surface area (Å²) in [5.41, 5.74) is 1.39. The first-order valence-electron chi connectivity index (χ1n) is 6.11. The van der Waals surface area contributed by atoms with Crippen LogP contribution >= 0.6 is 11.6 Å². The van der Waals surface area contributed by atoms with E-state index in [2.05, 4.69) is 10.3 Å². The van der Waals surface area contributed by atoms with Crippen LogP contribution in [0.15, 0.2) is 42.6 Å². The van der Waals surface area contributed by atoms with Gasteiger partial charge in [-0.05, 0) is 18.2 Å². The zero-order valence-corrected chi connectivity index (χ0v) is 12.0.